The van der Waals surface area contributed by atoms with Gasteiger partial charge in [0.1, 0.15) is 5.69 Å². The summed E-state index contributed by atoms with van der Waals surface area (Å²) in [5.41, 5.74) is 1.39. The fourth-order valence-corrected chi connectivity index (χ4v) is 2.16. The number of nitrogens with zero attached hydrogens (tertiary/aromatic N) is 3. The minimum Gasteiger partial charge on any atom is -0.417 e. The molecule has 0 radical (unpaired) electrons. The normalized spacial score (nSPS) is 10.9. The van der Waals surface area contributed by atoms with Crippen LogP contribution in [-0.2, 0) is 0 Å². The molecule has 4 rings (SSSR count). The number of nitrogens with one attached hydrogen (secondary N) is 1. The summed E-state index contributed by atoms with van der Waals surface area (Å²) in [6.45, 7) is 0. The van der Waals surface area contributed by atoms with Crippen molar-refractivity contribution in [3.05, 3.63) is 65.1 Å². The molecule has 0 spiro atoms. The van der Waals surface area contributed by atoms with Gasteiger partial charge in [0.25, 0.3) is 11.3 Å². The molecule has 0 bridgehead atoms. The lowest BCUT2D eigenvalue weighted by Crippen LogP contribution is -2.09. The third-order valence-corrected chi connectivity index (χ3v) is 3.20. The molecule has 3 heterocycles. The van der Waals surface area contributed by atoms with Crippen molar-refractivity contribution in [2.45, 2.75) is 0 Å². The van der Waals surface area contributed by atoms with E-state index in [1.807, 2.05) is 36.4 Å². The Balaban J connectivity index is 1.91. The predicted molar refractivity (Wildman–Crippen MR) is 81.1 cm³/mol. The third-order valence-electron chi connectivity index (χ3n) is 3.20. The van der Waals surface area contributed by atoms with E-state index in [0.29, 0.717) is 17.4 Å². The van der Waals surface area contributed by atoms with Crippen LogP contribution in [0.1, 0.15) is 0 Å². The molecule has 0 aliphatic heterocycles. The van der Waals surface area contributed by atoms with Gasteiger partial charge >= 0.3 is 0 Å². The van der Waals surface area contributed by atoms with Crippen molar-refractivity contribution in [3.8, 4) is 23.0 Å². The first-order valence-corrected chi connectivity index (χ1v) is 6.69. The molecule has 0 saturated carbocycles. The molecule has 0 atom stereocenters. The summed E-state index contributed by atoms with van der Waals surface area (Å²) in [7, 11) is 0. The molecular weight excluding hydrogens is 280 g/mol. The van der Waals surface area contributed by atoms with Gasteiger partial charge in [-0.25, -0.2) is 4.98 Å². The highest BCUT2D eigenvalue weighted by atomic mass is 16.4. The van der Waals surface area contributed by atoms with E-state index in [2.05, 4.69) is 19.9 Å². The number of fused-ring (bicyclic) bond motifs is 1. The number of aromatic nitrogens is 4. The lowest BCUT2D eigenvalue weighted by atomic mass is 10.2. The van der Waals surface area contributed by atoms with Gasteiger partial charge in [0.2, 0.25) is 5.89 Å². The summed E-state index contributed by atoms with van der Waals surface area (Å²) in [5, 5.41) is 0. The Labute approximate surface area is 124 Å². The molecule has 0 unspecified atom stereocenters. The number of rotatable bonds is 2. The minimum atomic E-state index is -0.350. The number of hydrogen-bond donors (Lipinski definition) is 1. The summed E-state index contributed by atoms with van der Waals surface area (Å²) in [5.74, 6) is 0.723. The lowest BCUT2D eigenvalue weighted by molar-refractivity contribution is 0.607. The maximum absolute atomic E-state index is 12.2. The van der Waals surface area contributed by atoms with Crippen LogP contribution in [0.15, 0.2) is 63.9 Å². The van der Waals surface area contributed by atoms with Crippen molar-refractivity contribution >= 4 is 11.2 Å². The van der Waals surface area contributed by atoms with Crippen LogP contribution in [-0.4, -0.2) is 19.9 Å². The molecule has 6 nitrogen and oxygen atoms in total. The van der Waals surface area contributed by atoms with Crippen LogP contribution in [0.2, 0.25) is 0 Å². The van der Waals surface area contributed by atoms with Crippen LogP contribution in [0.25, 0.3) is 34.2 Å². The van der Waals surface area contributed by atoms with E-state index < -0.39 is 0 Å². The SMILES string of the molecule is O=c1[nH]c(-c2ccccn2)nc2oc(-c3ccccc3)nc12. The predicted octanol–water partition coefficient (Wildman–Crippen LogP) is 2.64. The molecule has 0 fully saturated rings. The molecule has 3 aromatic heterocycles. The molecule has 1 aromatic carbocycles. The van der Waals surface area contributed by atoms with Gasteiger partial charge in [-0.15, -0.1) is 0 Å². The van der Waals surface area contributed by atoms with Crippen LogP contribution in [0.5, 0.6) is 0 Å². The Morgan fingerprint density at radius 2 is 1.77 bits per heavy atom. The molecule has 0 saturated heterocycles. The standard InChI is InChI=1S/C16H10N4O2/c21-14-12-16(20-13(19-14)11-8-4-5-9-17-11)22-15(18-12)10-6-2-1-3-7-10/h1-9H,(H,19,20,21). The zero-order chi connectivity index (χ0) is 14.9. The zero-order valence-electron chi connectivity index (χ0n) is 11.4. The van der Waals surface area contributed by atoms with Crippen molar-refractivity contribution in [1.29, 1.82) is 0 Å². The summed E-state index contributed by atoms with van der Waals surface area (Å²) >= 11 is 0. The number of pyridine rings is 1. The summed E-state index contributed by atoms with van der Waals surface area (Å²) in [4.78, 5) is 27.5. The third kappa shape index (κ3) is 2.07. The average molecular weight is 290 g/mol. The van der Waals surface area contributed by atoms with Crippen molar-refractivity contribution in [3.63, 3.8) is 0 Å². The summed E-state index contributed by atoms with van der Waals surface area (Å²) < 4.78 is 5.63. The molecule has 4 aromatic rings. The molecule has 0 aliphatic carbocycles. The topological polar surface area (TPSA) is 84.7 Å². The van der Waals surface area contributed by atoms with Gasteiger partial charge in [-0.2, -0.15) is 4.98 Å². The zero-order valence-corrected chi connectivity index (χ0v) is 11.4. The van der Waals surface area contributed by atoms with Gasteiger partial charge in [0.15, 0.2) is 11.3 Å². The number of hydrogen-bond acceptors (Lipinski definition) is 5. The Morgan fingerprint density at radius 1 is 0.955 bits per heavy atom. The second-order valence-electron chi connectivity index (χ2n) is 4.67. The van der Waals surface area contributed by atoms with E-state index >= 15 is 0 Å². The summed E-state index contributed by atoms with van der Waals surface area (Å²) in [6.07, 6.45) is 1.63. The molecule has 6 heteroatoms. The van der Waals surface area contributed by atoms with Crippen molar-refractivity contribution in [2.75, 3.05) is 0 Å². The first-order valence-electron chi connectivity index (χ1n) is 6.69. The van der Waals surface area contributed by atoms with Crippen LogP contribution in [0, 0.1) is 0 Å². The maximum Gasteiger partial charge on any atom is 0.281 e. The highest BCUT2D eigenvalue weighted by Crippen LogP contribution is 2.22. The second-order valence-corrected chi connectivity index (χ2v) is 4.67. The Morgan fingerprint density at radius 3 is 2.55 bits per heavy atom. The fourth-order valence-electron chi connectivity index (χ4n) is 2.16. The van der Waals surface area contributed by atoms with E-state index in [1.165, 1.54) is 0 Å². The van der Waals surface area contributed by atoms with Crippen LogP contribution in [0.4, 0.5) is 0 Å². The largest absolute Gasteiger partial charge is 0.417 e. The van der Waals surface area contributed by atoms with Crippen molar-refractivity contribution < 1.29 is 4.42 Å². The highest BCUT2D eigenvalue weighted by Gasteiger charge is 2.14. The quantitative estimate of drug-likeness (QED) is 0.613. The van der Waals surface area contributed by atoms with Gasteiger partial charge < -0.3 is 9.40 Å². The maximum atomic E-state index is 12.2. The smallest absolute Gasteiger partial charge is 0.281 e. The molecule has 22 heavy (non-hydrogen) atoms. The molecule has 1 N–H and O–H groups in total. The molecule has 106 valence electrons. The van der Waals surface area contributed by atoms with Gasteiger partial charge in [0.05, 0.1) is 0 Å². The highest BCUT2D eigenvalue weighted by molar-refractivity contribution is 5.73. The van der Waals surface area contributed by atoms with Gasteiger partial charge in [-0.05, 0) is 24.3 Å². The van der Waals surface area contributed by atoms with E-state index in [9.17, 15) is 4.79 Å². The molecule has 0 aliphatic rings. The van der Waals surface area contributed by atoms with Gasteiger partial charge in [-0.3, -0.25) is 9.78 Å². The summed E-state index contributed by atoms with van der Waals surface area (Å²) in [6, 6.07) is 14.7. The van der Waals surface area contributed by atoms with E-state index in [-0.39, 0.29) is 16.8 Å². The van der Waals surface area contributed by atoms with Crippen LogP contribution >= 0.6 is 0 Å². The number of benzene rings is 1. The Bertz CT molecular complexity index is 991. The number of H-pyrrole nitrogens is 1. The second kappa shape index (κ2) is 4.92. The van der Waals surface area contributed by atoms with Gasteiger partial charge in [0, 0.05) is 11.8 Å². The van der Waals surface area contributed by atoms with Crippen molar-refractivity contribution in [1.82, 2.24) is 19.9 Å². The minimum absolute atomic E-state index is 0.179. The van der Waals surface area contributed by atoms with E-state index in [4.69, 9.17) is 4.42 Å². The van der Waals surface area contributed by atoms with E-state index in [0.717, 1.165) is 5.56 Å². The molecular formula is C16H10N4O2. The first kappa shape index (κ1) is 12.5. The van der Waals surface area contributed by atoms with Crippen molar-refractivity contribution in [2.24, 2.45) is 0 Å². The van der Waals surface area contributed by atoms with Gasteiger partial charge in [-0.1, -0.05) is 24.3 Å². The number of aromatic amines is 1. The van der Waals surface area contributed by atoms with Crippen LogP contribution in [0.3, 0.4) is 0 Å². The molecule has 0 amide bonds. The first-order chi connectivity index (χ1) is 10.8. The fraction of sp³-hybridized carbons (Fsp3) is 0. The average Bonchev–Trinajstić information content (AvgIpc) is 3.01. The van der Waals surface area contributed by atoms with E-state index in [1.54, 1.807) is 18.3 Å². The number of oxazole rings is 1. The van der Waals surface area contributed by atoms with Crippen LogP contribution < -0.4 is 5.56 Å². The monoisotopic (exact) mass is 290 g/mol. The Hall–Kier alpha value is -3.28. The Kier molecular flexibility index (Phi) is 2.79. The lowest BCUT2D eigenvalue weighted by Gasteiger charge is -1.97.